The van der Waals surface area contributed by atoms with Gasteiger partial charge in [0.1, 0.15) is 28.6 Å². The molecule has 2 aromatic heterocycles. The summed E-state index contributed by atoms with van der Waals surface area (Å²) >= 11 is 0. The van der Waals surface area contributed by atoms with Crippen LogP contribution in [0.1, 0.15) is 32.1 Å². The maximum Gasteiger partial charge on any atom is 0.353 e. The van der Waals surface area contributed by atoms with Crippen LogP contribution >= 0.6 is 0 Å². The molecule has 162 valence electrons. The highest BCUT2D eigenvalue weighted by Crippen LogP contribution is 2.15. The van der Waals surface area contributed by atoms with Crippen LogP contribution in [0.25, 0.3) is 5.78 Å². The molecule has 1 amide bonds. The molecule has 0 saturated carbocycles. The second-order valence-corrected chi connectivity index (χ2v) is 6.84. The Bertz CT molecular complexity index is 1450. The Morgan fingerprint density at radius 3 is 2.66 bits per heavy atom. The monoisotopic (exact) mass is 438 g/mol. The molecular formula is C20H15FN6O5. The van der Waals surface area contributed by atoms with Crippen LogP contribution in [-0.2, 0) is 13.1 Å². The van der Waals surface area contributed by atoms with E-state index in [-0.39, 0.29) is 47.2 Å². The Balaban J connectivity index is 1.47. The standard InChI is InChI=1S/C20H15FN6O5/c21-11-2-1-9(5-10(11)8-24-15-14(22)16(28)17(15)29)7-25-18(30)12-6-13(19(31)32)27-4-3-23-20(27)26-12/h1-6,24H,7-8,22H2,(H,25,30)(H,31,32). The number of carbonyl (C=O) groups is 2. The molecule has 12 heteroatoms. The van der Waals surface area contributed by atoms with Crippen molar-refractivity contribution >= 4 is 29.0 Å². The molecule has 0 aliphatic carbocycles. The fourth-order valence-corrected chi connectivity index (χ4v) is 3.10. The molecule has 0 aliphatic heterocycles. The third-order valence-electron chi connectivity index (χ3n) is 4.79. The molecule has 2 aromatic carbocycles. The number of carboxylic acid groups (broad SMARTS) is 1. The zero-order valence-electron chi connectivity index (χ0n) is 16.3. The number of imidazole rings is 1. The van der Waals surface area contributed by atoms with Crippen LogP contribution in [0.2, 0.25) is 0 Å². The third kappa shape index (κ3) is 3.64. The molecule has 0 aliphatic rings. The summed E-state index contributed by atoms with van der Waals surface area (Å²) in [5, 5.41) is 14.6. The first-order valence-electron chi connectivity index (χ1n) is 9.22. The number of carbonyl (C=O) groups excluding carboxylic acids is 1. The highest BCUT2D eigenvalue weighted by atomic mass is 19.1. The Kier molecular flexibility index (Phi) is 5.10. The quantitative estimate of drug-likeness (QED) is 0.296. The van der Waals surface area contributed by atoms with Gasteiger partial charge in [-0.2, -0.15) is 0 Å². The van der Waals surface area contributed by atoms with Crippen molar-refractivity contribution in [3.05, 3.63) is 85.4 Å². The van der Waals surface area contributed by atoms with Crippen molar-refractivity contribution in [2.24, 2.45) is 0 Å². The number of amides is 1. The van der Waals surface area contributed by atoms with Crippen LogP contribution in [-0.4, -0.2) is 31.4 Å². The van der Waals surface area contributed by atoms with E-state index in [1.807, 2.05) is 0 Å². The number of aromatic carboxylic acids is 1. The molecule has 11 nitrogen and oxygen atoms in total. The number of halogens is 1. The van der Waals surface area contributed by atoms with E-state index in [9.17, 15) is 28.7 Å². The number of carboxylic acids is 1. The van der Waals surface area contributed by atoms with Crippen molar-refractivity contribution in [3.8, 4) is 0 Å². The molecule has 4 rings (SSSR count). The predicted octanol–water partition coefficient (Wildman–Crippen LogP) is 0.287. The average Bonchev–Trinajstić information content (AvgIpc) is 3.26. The molecule has 4 aromatic rings. The predicted molar refractivity (Wildman–Crippen MR) is 111 cm³/mol. The van der Waals surface area contributed by atoms with Crippen LogP contribution in [0.15, 0.2) is 46.2 Å². The summed E-state index contributed by atoms with van der Waals surface area (Å²) < 4.78 is 15.4. The minimum absolute atomic E-state index is 0.00191. The second kappa shape index (κ2) is 7.91. The lowest BCUT2D eigenvalue weighted by Crippen LogP contribution is -2.37. The topological polar surface area (TPSA) is 169 Å². The van der Waals surface area contributed by atoms with Crippen molar-refractivity contribution in [1.29, 1.82) is 0 Å². The smallest absolute Gasteiger partial charge is 0.353 e. The van der Waals surface area contributed by atoms with Crippen LogP contribution < -0.4 is 27.2 Å². The molecular weight excluding hydrogens is 423 g/mol. The lowest BCUT2D eigenvalue weighted by Gasteiger charge is -2.12. The van der Waals surface area contributed by atoms with E-state index in [1.165, 1.54) is 35.0 Å². The highest BCUT2D eigenvalue weighted by Gasteiger charge is 2.19. The molecule has 0 spiro atoms. The number of hydrogen-bond donors (Lipinski definition) is 4. The average molecular weight is 438 g/mol. The van der Waals surface area contributed by atoms with Gasteiger partial charge in [-0.1, -0.05) is 6.07 Å². The van der Waals surface area contributed by atoms with Gasteiger partial charge in [0.25, 0.3) is 16.8 Å². The molecule has 0 unspecified atom stereocenters. The van der Waals surface area contributed by atoms with Crippen molar-refractivity contribution < 1.29 is 19.1 Å². The molecule has 0 bridgehead atoms. The minimum Gasteiger partial charge on any atom is -0.477 e. The molecule has 2 heterocycles. The van der Waals surface area contributed by atoms with Crippen molar-refractivity contribution in [2.75, 3.05) is 11.1 Å². The van der Waals surface area contributed by atoms with Crippen molar-refractivity contribution in [2.45, 2.75) is 13.1 Å². The lowest BCUT2D eigenvalue weighted by atomic mass is 10.1. The van der Waals surface area contributed by atoms with Crippen LogP contribution in [0, 0.1) is 5.82 Å². The SMILES string of the molecule is Nc1c(NCc2cc(CNC(=O)c3cc(C(=O)O)n4ccnc4n3)ccc2F)c(=O)c1=O. The Labute approximate surface area is 178 Å². The summed E-state index contributed by atoms with van der Waals surface area (Å²) in [6.07, 6.45) is 2.78. The zero-order valence-corrected chi connectivity index (χ0v) is 16.3. The number of nitrogens with two attached hydrogens (primary N) is 1. The molecule has 0 saturated heterocycles. The zero-order chi connectivity index (χ0) is 23.0. The number of nitrogen functional groups attached to an aromatic ring is 1. The minimum atomic E-state index is -1.25. The summed E-state index contributed by atoms with van der Waals surface area (Å²) in [4.78, 5) is 54.5. The van der Waals surface area contributed by atoms with Crippen LogP contribution in [0.5, 0.6) is 0 Å². The number of anilines is 2. The third-order valence-corrected chi connectivity index (χ3v) is 4.79. The number of benzene rings is 1. The number of rotatable bonds is 7. The Morgan fingerprint density at radius 1 is 1.16 bits per heavy atom. The van der Waals surface area contributed by atoms with E-state index in [0.29, 0.717) is 5.56 Å². The van der Waals surface area contributed by atoms with Gasteiger partial charge in [-0.15, -0.1) is 0 Å². The van der Waals surface area contributed by atoms with Gasteiger partial charge in [-0.3, -0.25) is 18.8 Å². The number of hydrogen-bond acceptors (Lipinski definition) is 8. The summed E-state index contributed by atoms with van der Waals surface area (Å²) in [5.41, 5.74) is 4.07. The number of nitrogens with zero attached hydrogens (tertiary/aromatic N) is 3. The fraction of sp³-hybridized carbons (Fsp3) is 0.100. The Morgan fingerprint density at radius 2 is 1.94 bits per heavy atom. The summed E-state index contributed by atoms with van der Waals surface area (Å²) in [6, 6.07) is 5.25. The summed E-state index contributed by atoms with van der Waals surface area (Å²) in [7, 11) is 0. The molecule has 0 fully saturated rings. The molecule has 5 N–H and O–H groups in total. The normalized spacial score (nSPS) is 11.0. The number of aromatic nitrogens is 3. The number of nitrogens with one attached hydrogen (secondary N) is 2. The van der Waals surface area contributed by atoms with E-state index in [4.69, 9.17) is 5.73 Å². The molecule has 0 atom stereocenters. The Hall–Kier alpha value is -4.61. The van der Waals surface area contributed by atoms with Gasteiger partial charge in [0, 0.05) is 37.1 Å². The fourth-order valence-electron chi connectivity index (χ4n) is 3.10. The van der Waals surface area contributed by atoms with Gasteiger partial charge in [0.15, 0.2) is 0 Å². The van der Waals surface area contributed by atoms with Crippen molar-refractivity contribution in [1.82, 2.24) is 19.7 Å². The van der Waals surface area contributed by atoms with Crippen molar-refractivity contribution in [3.63, 3.8) is 0 Å². The van der Waals surface area contributed by atoms with Gasteiger partial charge in [0.05, 0.1) is 0 Å². The summed E-state index contributed by atoms with van der Waals surface area (Å²) in [6.45, 7) is -0.0964. The van der Waals surface area contributed by atoms with E-state index in [2.05, 4.69) is 20.6 Å². The lowest BCUT2D eigenvalue weighted by molar-refractivity contribution is 0.0688. The first kappa shape index (κ1) is 20.7. The maximum atomic E-state index is 14.1. The van der Waals surface area contributed by atoms with Gasteiger partial charge in [0.2, 0.25) is 5.78 Å². The molecule has 32 heavy (non-hydrogen) atoms. The first-order valence-corrected chi connectivity index (χ1v) is 9.22. The number of fused-ring (bicyclic) bond motifs is 1. The first-order chi connectivity index (χ1) is 15.3. The summed E-state index contributed by atoms with van der Waals surface area (Å²) in [5.74, 6) is -2.38. The largest absolute Gasteiger partial charge is 0.477 e. The van der Waals surface area contributed by atoms with Gasteiger partial charge in [-0.05, 0) is 17.7 Å². The van der Waals surface area contributed by atoms with Gasteiger partial charge < -0.3 is 21.5 Å². The van der Waals surface area contributed by atoms with E-state index in [1.54, 1.807) is 0 Å². The second-order valence-electron chi connectivity index (χ2n) is 6.84. The van der Waals surface area contributed by atoms with E-state index < -0.39 is 28.6 Å². The highest BCUT2D eigenvalue weighted by molar-refractivity contribution is 5.95. The van der Waals surface area contributed by atoms with E-state index in [0.717, 1.165) is 6.07 Å². The van der Waals surface area contributed by atoms with Gasteiger partial charge >= 0.3 is 5.97 Å². The van der Waals surface area contributed by atoms with Gasteiger partial charge in [-0.25, -0.2) is 19.2 Å². The molecule has 0 radical (unpaired) electrons. The van der Waals surface area contributed by atoms with Crippen LogP contribution in [0.3, 0.4) is 0 Å². The van der Waals surface area contributed by atoms with Crippen LogP contribution in [0.4, 0.5) is 15.8 Å². The van der Waals surface area contributed by atoms with E-state index >= 15 is 0 Å². The maximum absolute atomic E-state index is 14.1.